The van der Waals surface area contributed by atoms with Gasteiger partial charge in [-0.1, -0.05) is 30.3 Å². The van der Waals surface area contributed by atoms with Crippen molar-refractivity contribution in [2.75, 3.05) is 13.6 Å². The summed E-state index contributed by atoms with van der Waals surface area (Å²) in [7, 11) is 2.15. The van der Waals surface area contributed by atoms with E-state index in [-0.39, 0.29) is 0 Å². The van der Waals surface area contributed by atoms with E-state index in [2.05, 4.69) is 58.8 Å². The molecular weight excluding hydrogens is 352 g/mol. The summed E-state index contributed by atoms with van der Waals surface area (Å²) in [6.45, 7) is 1.81. The highest BCUT2D eigenvalue weighted by Crippen LogP contribution is 2.28. The van der Waals surface area contributed by atoms with Crippen LogP contribution in [-0.4, -0.2) is 33.3 Å². The number of likely N-dealkylation sites (N-methyl/N-ethyl adjacent to an activating group) is 1. The summed E-state index contributed by atoms with van der Waals surface area (Å²) in [4.78, 5) is 7.96. The van der Waals surface area contributed by atoms with E-state index in [0.717, 1.165) is 36.6 Å². The maximum Gasteiger partial charge on any atom is 0.107 e. The van der Waals surface area contributed by atoms with Crippen LogP contribution in [0.1, 0.15) is 11.3 Å². The second kappa shape index (κ2) is 8.29. The quantitative estimate of drug-likeness (QED) is 0.471. The van der Waals surface area contributed by atoms with Crippen LogP contribution >= 0.6 is 11.3 Å². The van der Waals surface area contributed by atoms with E-state index in [4.69, 9.17) is 5.10 Å². The number of hydrogen-bond donors (Lipinski definition) is 0. The molecule has 0 spiro atoms. The largest absolute Gasteiger partial charge is 0.302 e. The van der Waals surface area contributed by atoms with E-state index in [1.54, 1.807) is 11.3 Å². The molecule has 0 unspecified atom stereocenters. The van der Waals surface area contributed by atoms with E-state index < -0.39 is 0 Å². The number of benzene rings is 1. The van der Waals surface area contributed by atoms with Crippen LogP contribution < -0.4 is 0 Å². The SMILES string of the molecule is CN(CCc1ccccn1)Cc1cn(-c2ccccc2)nc1-c1cccs1. The molecule has 0 bridgehead atoms. The van der Waals surface area contributed by atoms with Crippen LogP contribution in [0.15, 0.2) is 78.4 Å². The number of pyridine rings is 1. The molecule has 3 aromatic heterocycles. The smallest absolute Gasteiger partial charge is 0.107 e. The van der Waals surface area contributed by atoms with E-state index in [1.165, 1.54) is 10.4 Å². The lowest BCUT2D eigenvalue weighted by Crippen LogP contribution is -2.21. The van der Waals surface area contributed by atoms with Crippen LogP contribution in [0.25, 0.3) is 16.3 Å². The van der Waals surface area contributed by atoms with Gasteiger partial charge >= 0.3 is 0 Å². The first kappa shape index (κ1) is 17.6. The van der Waals surface area contributed by atoms with Crippen molar-refractivity contribution in [3.8, 4) is 16.3 Å². The summed E-state index contributed by atoms with van der Waals surface area (Å²) in [5, 5.41) is 6.98. The molecule has 0 N–H and O–H groups in total. The van der Waals surface area contributed by atoms with Crippen molar-refractivity contribution in [3.63, 3.8) is 0 Å². The number of thiophene rings is 1. The van der Waals surface area contributed by atoms with E-state index in [9.17, 15) is 0 Å². The highest BCUT2D eigenvalue weighted by atomic mass is 32.1. The fraction of sp³-hybridized carbons (Fsp3) is 0.182. The van der Waals surface area contributed by atoms with Crippen molar-refractivity contribution >= 4 is 11.3 Å². The van der Waals surface area contributed by atoms with Crippen molar-refractivity contribution in [2.24, 2.45) is 0 Å². The molecule has 1 aromatic carbocycles. The van der Waals surface area contributed by atoms with Gasteiger partial charge in [-0.05, 0) is 42.8 Å². The third-order valence-electron chi connectivity index (χ3n) is 4.48. The zero-order valence-corrected chi connectivity index (χ0v) is 16.1. The van der Waals surface area contributed by atoms with Gasteiger partial charge < -0.3 is 4.90 Å². The lowest BCUT2D eigenvalue weighted by atomic mass is 10.2. The molecular formula is C22H22N4S. The van der Waals surface area contributed by atoms with Gasteiger partial charge in [-0.3, -0.25) is 4.98 Å². The summed E-state index contributed by atoms with van der Waals surface area (Å²) in [6.07, 6.45) is 4.95. The predicted molar refractivity (Wildman–Crippen MR) is 111 cm³/mol. The zero-order valence-electron chi connectivity index (χ0n) is 15.3. The summed E-state index contributed by atoms with van der Waals surface area (Å²) in [5.41, 5.74) is 4.52. The maximum atomic E-state index is 4.88. The van der Waals surface area contributed by atoms with Gasteiger partial charge in [-0.25, -0.2) is 4.68 Å². The Kier molecular flexibility index (Phi) is 5.42. The molecule has 4 rings (SSSR count). The Morgan fingerprint density at radius 2 is 1.85 bits per heavy atom. The molecule has 136 valence electrons. The van der Waals surface area contributed by atoms with E-state index in [1.807, 2.05) is 41.2 Å². The minimum Gasteiger partial charge on any atom is -0.302 e. The highest BCUT2D eigenvalue weighted by Gasteiger charge is 2.15. The van der Waals surface area contributed by atoms with Crippen molar-refractivity contribution in [2.45, 2.75) is 13.0 Å². The highest BCUT2D eigenvalue weighted by molar-refractivity contribution is 7.13. The Balaban J connectivity index is 1.54. The molecule has 0 atom stereocenters. The third-order valence-corrected chi connectivity index (χ3v) is 5.36. The molecule has 4 aromatic rings. The zero-order chi connectivity index (χ0) is 18.5. The predicted octanol–water partition coefficient (Wildman–Crippen LogP) is 4.67. The van der Waals surface area contributed by atoms with Gasteiger partial charge in [0.05, 0.1) is 10.6 Å². The van der Waals surface area contributed by atoms with Gasteiger partial charge in [0, 0.05) is 43.2 Å². The van der Waals surface area contributed by atoms with E-state index in [0.29, 0.717) is 0 Å². The molecule has 0 aliphatic heterocycles. The first-order chi connectivity index (χ1) is 13.3. The molecule has 0 aliphatic carbocycles. The van der Waals surface area contributed by atoms with Crippen LogP contribution in [0.2, 0.25) is 0 Å². The van der Waals surface area contributed by atoms with Gasteiger partial charge in [0.1, 0.15) is 5.69 Å². The van der Waals surface area contributed by atoms with Gasteiger partial charge in [0.25, 0.3) is 0 Å². The average molecular weight is 375 g/mol. The summed E-state index contributed by atoms with van der Waals surface area (Å²) < 4.78 is 1.98. The normalized spacial score (nSPS) is 11.2. The lowest BCUT2D eigenvalue weighted by Gasteiger charge is -2.16. The maximum absolute atomic E-state index is 4.88. The van der Waals surface area contributed by atoms with Crippen molar-refractivity contribution in [3.05, 3.63) is 89.7 Å². The fourth-order valence-corrected chi connectivity index (χ4v) is 3.82. The van der Waals surface area contributed by atoms with Crippen molar-refractivity contribution in [1.82, 2.24) is 19.7 Å². The number of rotatable bonds is 7. The molecule has 27 heavy (non-hydrogen) atoms. The minimum absolute atomic E-state index is 0.854. The molecule has 0 aliphatic rings. The minimum atomic E-state index is 0.854. The van der Waals surface area contributed by atoms with Crippen molar-refractivity contribution < 1.29 is 0 Å². The molecule has 0 saturated carbocycles. The summed E-state index contributed by atoms with van der Waals surface area (Å²) >= 11 is 1.73. The number of nitrogens with zero attached hydrogens (tertiary/aromatic N) is 4. The molecule has 3 heterocycles. The Morgan fingerprint density at radius 1 is 1.00 bits per heavy atom. The van der Waals surface area contributed by atoms with E-state index >= 15 is 0 Å². The second-order valence-electron chi connectivity index (χ2n) is 6.57. The first-order valence-electron chi connectivity index (χ1n) is 9.06. The number of hydrogen-bond acceptors (Lipinski definition) is 4. The summed E-state index contributed by atoms with van der Waals surface area (Å²) in [6, 6.07) is 20.6. The Labute approximate surface area is 163 Å². The van der Waals surface area contributed by atoms with Gasteiger partial charge in [-0.2, -0.15) is 5.10 Å². The Hall–Kier alpha value is -2.76. The second-order valence-corrected chi connectivity index (χ2v) is 7.52. The van der Waals surface area contributed by atoms with Crippen molar-refractivity contribution in [1.29, 1.82) is 0 Å². The summed E-state index contributed by atoms with van der Waals surface area (Å²) in [5.74, 6) is 0. The number of aromatic nitrogens is 3. The van der Waals surface area contributed by atoms with Crippen LogP contribution in [0, 0.1) is 0 Å². The molecule has 5 heteroatoms. The standard InChI is InChI=1S/C22H22N4S/c1-25(14-12-19-8-5-6-13-23-19)16-18-17-26(20-9-3-2-4-10-20)24-22(18)21-11-7-15-27-21/h2-11,13,15,17H,12,14,16H2,1H3. The van der Waals surface area contributed by atoms with Crippen LogP contribution in [0.5, 0.6) is 0 Å². The van der Waals surface area contributed by atoms with Crippen LogP contribution in [0.3, 0.4) is 0 Å². The van der Waals surface area contributed by atoms with Crippen LogP contribution in [-0.2, 0) is 13.0 Å². The Morgan fingerprint density at radius 3 is 2.59 bits per heavy atom. The molecule has 0 radical (unpaired) electrons. The van der Waals surface area contributed by atoms with Gasteiger partial charge in [0.2, 0.25) is 0 Å². The average Bonchev–Trinajstić information content (AvgIpc) is 3.38. The Bertz CT molecular complexity index is 962. The molecule has 4 nitrogen and oxygen atoms in total. The number of para-hydroxylation sites is 1. The first-order valence-corrected chi connectivity index (χ1v) is 9.94. The fourth-order valence-electron chi connectivity index (χ4n) is 3.08. The monoisotopic (exact) mass is 374 g/mol. The molecule has 0 saturated heterocycles. The van der Waals surface area contributed by atoms with Crippen LogP contribution in [0.4, 0.5) is 0 Å². The van der Waals surface area contributed by atoms with Gasteiger partial charge in [0.15, 0.2) is 0 Å². The lowest BCUT2D eigenvalue weighted by molar-refractivity contribution is 0.330. The third kappa shape index (κ3) is 4.32. The molecule has 0 amide bonds. The topological polar surface area (TPSA) is 34.0 Å². The van der Waals surface area contributed by atoms with Gasteiger partial charge in [-0.15, -0.1) is 11.3 Å². The molecule has 0 fully saturated rings.